The topological polar surface area (TPSA) is 130 Å². The van der Waals surface area contributed by atoms with E-state index in [1.807, 2.05) is 127 Å². The molecule has 0 aliphatic carbocycles. The van der Waals surface area contributed by atoms with E-state index in [-0.39, 0.29) is 0 Å². The SMILES string of the molecule is c1ccc(-c2nc(-c3cccc4oc5ccccc5c34)nc(-c3ccc(-c4ccccc4)c4oc5cc(-c6cccc7c6oc6cccc(-c8nc(-c9ccc%10ccccc%10c9)nc(-c9ccc(-c%10ccccc%10)c%10oc%11ccccc%11c9%10)n8)c67)ccc5c34)n2)cc1. The van der Waals surface area contributed by atoms with E-state index in [0.717, 1.165) is 149 Å². The van der Waals surface area contributed by atoms with E-state index in [1.54, 1.807) is 0 Å². The first-order chi connectivity index (χ1) is 45.6. The molecule has 0 N–H and O–H groups in total. The van der Waals surface area contributed by atoms with Crippen LogP contribution in [0, 0.1) is 0 Å². The van der Waals surface area contributed by atoms with Gasteiger partial charge in [-0.2, -0.15) is 0 Å². The van der Waals surface area contributed by atoms with Crippen LogP contribution in [0.25, 0.3) is 200 Å². The number of fused-ring (bicyclic) bond motifs is 13. The summed E-state index contributed by atoms with van der Waals surface area (Å²) in [5, 5.41) is 9.63. The van der Waals surface area contributed by atoms with Crippen LogP contribution in [-0.4, -0.2) is 29.9 Å². The molecule has 0 radical (unpaired) electrons. The molecule has 10 nitrogen and oxygen atoms in total. The van der Waals surface area contributed by atoms with E-state index in [4.69, 9.17) is 47.6 Å². The van der Waals surface area contributed by atoms with E-state index < -0.39 is 0 Å². The molecule has 0 aliphatic rings. The van der Waals surface area contributed by atoms with E-state index in [0.29, 0.717) is 51.7 Å². The van der Waals surface area contributed by atoms with Crippen molar-refractivity contribution >= 4 is 98.5 Å². The summed E-state index contributed by atoms with van der Waals surface area (Å²) in [5.74, 6) is 3.16. The zero-order valence-corrected chi connectivity index (χ0v) is 48.9. The number of furan rings is 4. The van der Waals surface area contributed by atoms with Gasteiger partial charge in [-0.05, 0) is 94.2 Å². The minimum atomic E-state index is 0.506. The van der Waals surface area contributed by atoms with Crippen LogP contribution in [0.15, 0.2) is 297 Å². The predicted octanol–water partition coefficient (Wildman–Crippen LogP) is 21.8. The van der Waals surface area contributed by atoms with Gasteiger partial charge in [0, 0.05) is 93.2 Å². The Morgan fingerprint density at radius 1 is 0.185 bits per heavy atom. The number of rotatable bonds is 9. The third-order valence-electron chi connectivity index (χ3n) is 17.8. The largest absolute Gasteiger partial charge is 0.456 e. The zero-order valence-electron chi connectivity index (χ0n) is 48.9. The lowest BCUT2D eigenvalue weighted by Gasteiger charge is -2.12. The van der Waals surface area contributed by atoms with Gasteiger partial charge in [0.15, 0.2) is 34.9 Å². The fourth-order valence-electron chi connectivity index (χ4n) is 13.6. The Morgan fingerprint density at radius 3 is 1.21 bits per heavy atom. The van der Waals surface area contributed by atoms with Crippen molar-refractivity contribution in [2.24, 2.45) is 0 Å². The quantitative estimate of drug-likeness (QED) is 0.138. The molecule has 0 amide bonds. The van der Waals surface area contributed by atoms with Gasteiger partial charge in [-0.15, -0.1) is 0 Å². The van der Waals surface area contributed by atoms with Crippen molar-refractivity contribution in [2.75, 3.05) is 0 Å². The summed E-state index contributed by atoms with van der Waals surface area (Å²) in [7, 11) is 0. The summed E-state index contributed by atoms with van der Waals surface area (Å²) in [6.07, 6.45) is 0. The zero-order chi connectivity index (χ0) is 60.4. The Bertz CT molecular complexity index is 6210. The van der Waals surface area contributed by atoms with Crippen LogP contribution in [0.3, 0.4) is 0 Å². The van der Waals surface area contributed by atoms with Crippen LogP contribution in [0.4, 0.5) is 0 Å². The summed E-state index contributed by atoms with van der Waals surface area (Å²) in [5.41, 5.74) is 16.7. The summed E-state index contributed by atoms with van der Waals surface area (Å²) in [4.78, 5) is 32.1. The highest BCUT2D eigenvalue weighted by atomic mass is 16.3. The summed E-state index contributed by atoms with van der Waals surface area (Å²) in [6.45, 7) is 0. The van der Waals surface area contributed by atoms with Crippen LogP contribution >= 0.6 is 0 Å². The van der Waals surface area contributed by atoms with E-state index in [9.17, 15) is 0 Å². The smallest absolute Gasteiger partial charge is 0.164 e. The summed E-state index contributed by atoms with van der Waals surface area (Å²) >= 11 is 0. The molecule has 13 aromatic carbocycles. The Hall–Kier alpha value is -12.7. The van der Waals surface area contributed by atoms with Crippen molar-refractivity contribution in [2.45, 2.75) is 0 Å². The average Bonchev–Trinajstić information content (AvgIpc) is 1.58. The maximum atomic E-state index is 7.19. The van der Waals surface area contributed by atoms with Crippen LogP contribution in [0.2, 0.25) is 0 Å². The number of para-hydroxylation sites is 3. The Kier molecular flexibility index (Phi) is 11.4. The van der Waals surface area contributed by atoms with E-state index in [2.05, 4.69) is 152 Å². The van der Waals surface area contributed by atoms with Crippen molar-refractivity contribution < 1.29 is 17.7 Å². The molecule has 0 aliphatic heterocycles. The Morgan fingerprint density at radius 2 is 0.576 bits per heavy atom. The molecule has 10 heteroatoms. The minimum absolute atomic E-state index is 0.506. The monoisotopic (exact) mass is 1180 g/mol. The lowest BCUT2D eigenvalue weighted by molar-refractivity contribution is 0.668. The minimum Gasteiger partial charge on any atom is -0.456 e. The molecule has 19 aromatic rings. The van der Waals surface area contributed by atoms with Crippen LogP contribution in [-0.2, 0) is 0 Å². The van der Waals surface area contributed by atoms with Crippen molar-refractivity contribution in [3.63, 3.8) is 0 Å². The number of benzene rings is 13. The number of aromatic nitrogens is 6. The standard InChI is InChI=1S/C82H46N6O4/c1-4-20-48(21-5-1)55-41-43-63(72-58-28-13-15-34-66(58)90-75(55)72)82-86-78(53-38-37-47-19-10-11-26-51(47)45-53)85-80(88-82)62-32-18-36-68-71(62)60-30-16-29-54(74(60)91-68)52-39-40-59-69(46-52)92-76-56(49-22-6-2-7-23-49)42-44-64(73(59)76)81-84-77(50-24-8-3-9-25-50)83-79(87-81)61-31-17-35-67-70(61)57-27-12-14-33-65(57)89-67/h1-46H. The van der Waals surface area contributed by atoms with Gasteiger partial charge in [-0.1, -0.05) is 212 Å². The summed E-state index contributed by atoms with van der Waals surface area (Å²) in [6, 6.07) is 95.0. The number of hydrogen-bond donors (Lipinski definition) is 0. The third-order valence-corrected chi connectivity index (χ3v) is 17.8. The molecule has 428 valence electrons. The van der Waals surface area contributed by atoms with E-state index >= 15 is 0 Å². The van der Waals surface area contributed by atoms with Crippen molar-refractivity contribution in [1.82, 2.24) is 29.9 Å². The Labute approximate surface area is 524 Å². The molecule has 92 heavy (non-hydrogen) atoms. The van der Waals surface area contributed by atoms with Crippen LogP contribution < -0.4 is 0 Å². The second-order valence-corrected chi connectivity index (χ2v) is 23.2. The average molecular weight is 1180 g/mol. The van der Waals surface area contributed by atoms with Crippen molar-refractivity contribution in [3.8, 4) is 102 Å². The molecule has 0 unspecified atom stereocenters. The van der Waals surface area contributed by atoms with E-state index in [1.165, 1.54) is 0 Å². The molecule has 0 saturated heterocycles. The number of hydrogen-bond acceptors (Lipinski definition) is 10. The van der Waals surface area contributed by atoms with Gasteiger partial charge in [0.1, 0.15) is 44.7 Å². The van der Waals surface area contributed by atoms with Gasteiger partial charge in [-0.3, -0.25) is 0 Å². The summed E-state index contributed by atoms with van der Waals surface area (Å²) < 4.78 is 27.4. The highest BCUT2D eigenvalue weighted by Gasteiger charge is 2.26. The second kappa shape index (κ2) is 20.5. The predicted molar refractivity (Wildman–Crippen MR) is 369 cm³/mol. The van der Waals surface area contributed by atoms with Gasteiger partial charge >= 0.3 is 0 Å². The van der Waals surface area contributed by atoms with Gasteiger partial charge in [0.25, 0.3) is 0 Å². The maximum absolute atomic E-state index is 7.19. The first-order valence-electron chi connectivity index (χ1n) is 30.6. The fourth-order valence-corrected chi connectivity index (χ4v) is 13.6. The van der Waals surface area contributed by atoms with Crippen molar-refractivity contribution in [3.05, 3.63) is 279 Å². The molecule has 0 spiro atoms. The van der Waals surface area contributed by atoms with Gasteiger partial charge in [-0.25, -0.2) is 29.9 Å². The van der Waals surface area contributed by atoms with Gasteiger partial charge < -0.3 is 17.7 Å². The fraction of sp³-hybridized carbons (Fsp3) is 0. The first-order valence-corrected chi connectivity index (χ1v) is 30.6. The molecular weight excluding hydrogens is 1130 g/mol. The maximum Gasteiger partial charge on any atom is 0.164 e. The molecular formula is C82H46N6O4. The molecule has 6 heterocycles. The van der Waals surface area contributed by atoms with Gasteiger partial charge in [0.2, 0.25) is 0 Å². The molecule has 6 aromatic heterocycles. The molecule has 19 rings (SSSR count). The second-order valence-electron chi connectivity index (χ2n) is 23.2. The third kappa shape index (κ3) is 8.21. The normalized spacial score (nSPS) is 11.9. The molecule has 0 bridgehead atoms. The highest BCUT2D eigenvalue weighted by molar-refractivity contribution is 6.20. The molecule has 0 saturated carbocycles. The number of nitrogens with zero attached hydrogens (tertiary/aromatic N) is 6. The first kappa shape index (κ1) is 51.4. The van der Waals surface area contributed by atoms with Crippen LogP contribution in [0.5, 0.6) is 0 Å². The van der Waals surface area contributed by atoms with Crippen LogP contribution in [0.1, 0.15) is 0 Å². The Balaban J connectivity index is 0.788. The highest BCUT2D eigenvalue weighted by Crippen LogP contribution is 2.47. The lowest BCUT2D eigenvalue weighted by atomic mass is 9.96. The molecule has 0 fully saturated rings. The van der Waals surface area contributed by atoms with Gasteiger partial charge in [0.05, 0.1) is 0 Å². The van der Waals surface area contributed by atoms with Crippen molar-refractivity contribution in [1.29, 1.82) is 0 Å². The lowest BCUT2D eigenvalue weighted by Crippen LogP contribution is -2.01. The molecule has 0 atom stereocenters.